The second-order valence-electron chi connectivity index (χ2n) is 3.47. The molecular formula is C11H12O2S. The van der Waals surface area contributed by atoms with Crippen LogP contribution in [-0.4, -0.2) is 11.1 Å². The molecule has 74 valence electrons. The highest BCUT2D eigenvalue weighted by Crippen LogP contribution is 2.30. The first-order valence-corrected chi connectivity index (χ1v) is 5.65. The predicted molar refractivity (Wildman–Crippen MR) is 57.6 cm³/mol. The standard InChI is InChI=1S/C11H12O2S/c12-11(13)6-5-8-7-14-10-4-2-1-3-9(8)10/h5-7H,1-4H2,(H,12,13)/b6-5+. The summed E-state index contributed by atoms with van der Waals surface area (Å²) in [5, 5.41) is 10.6. The smallest absolute Gasteiger partial charge is 0.328 e. The maximum atomic E-state index is 10.4. The molecule has 3 heteroatoms. The van der Waals surface area contributed by atoms with Crippen LogP contribution in [0.15, 0.2) is 11.5 Å². The van der Waals surface area contributed by atoms with E-state index >= 15 is 0 Å². The van der Waals surface area contributed by atoms with Crippen molar-refractivity contribution in [1.29, 1.82) is 0 Å². The topological polar surface area (TPSA) is 37.3 Å². The van der Waals surface area contributed by atoms with Gasteiger partial charge in [0, 0.05) is 11.0 Å². The quantitative estimate of drug-likeness (QED) is 0.759. The normalized spacial score (nSPS) is 15.7. The molecule has 1 N–H and O–H groups in total. The molecule has 0 aromatic carbocycles. The molecule has 0 amide bonds. The van der Waals surface area contributed by atoms with Crippen molar-refractivity contribution in [3.05, 3.63) is 27.5 Å². The van der Waals surface area contributed by atoms with Crippen molar-refractivity contribution in [1.82, 2.24) is 0 Å². The van der Waals surface area contributed by atoms with Gasteiger partial charge in [0.1, 0.15) is 0 Å². The Balaban J connectivity index is 2.26. The molecule has 1 aliphatic rings. The molecular weight excluding hydrogens is 196 g/mol. The molecule has 0 unspecified atom stereocenters. The predicted octanol–water partition coefficient (Wildman–Crippen LogP) is 2.72. The number of fused-ring (bicyclic) bond motifs is 1. The summed E-state index contributed by atoms with van der Waals surface area (Å²) >= 11 is 1.76. The van der Waals surface area contributed by atoms with Gasteiger partial charge in [0.2, 0.25) is 0 Å². The first kappa shape index (κ1) is 9.46. The Morgan fingerprint density at radius 3 is 3.00 bits per heavy atom. The number of aryl methyl sites for hydroxylation is 1. The zero-order chi connectivity index (χ0) is 9.97. The van der Waals surface area contributed by atoms with Crippen LogP contribution in [0.2, 0.25) is 0 Å². The Kier molecular flexibility index (Phi) is 2.68. The first-order chi connectivity index (χ1) is 6.77. The van der Waals surface area contributed by atoms with E-state index in [0.29, 0.717) is 0 Å². The number of carboxylic acid groups (broad SMARTS) is 1. The Hall–Kier alpha value is -1.09. The van der Waals surface area contributed by atoms with Gasteiger partial charge in [0.25, 0.3) is 0 Å². The molecule has 0 saturated heterocycles. The van der Waals surface area contributed by atoms with E-state index in [1.54, 1.807) is 17.4 Å². The van der Waals surface area contributed by atoms with Crippen LogP contribution >= 0.6 is 11.3 Å². The summed E-state index contributed by atoms with van der Waals surface area (Å²) in [5.41, 5.74) is 2.48. The molecule has 0 radical (unpaired) electrons. The van der Waals surface area contributed by atoms with Crippen LogP contribution in [0.25, 0.3) is 6.08 Å². The van der Waals surface area contributed by atoms with Gasteiger partial charge >= 0.3 is 5.97 Å². The highest BCUT2D eigenvalue weighted by molar-refractivity contribution is 7.10. The molecule has 2 rings (SSSR count). The van der Waals surface area contributed by atoms with Gasteiger partial charge in [-0.1, -0.05) is 0 Å². The second kappa shape index (κ2) is 3.96. The van der Waals surface area contributed by atoms with Gasteiger partial charge in [-0.3, -0.25) is 0 Å². The summed E-state index contributed by atoms with van der Waals surface area (Å²) < 4.78 is 0. The number of hydrogen-bond acceptors (Lipinski definition) is 2. The maximum Gasteiger partial charge on any atom is 0.328 e. The molecule has 1 aromatic heterocycles. The lowest BCUT2D eigenvalue weighted by molar-refractivity contribution is -0.131. The molecule has 0 bridgehead atoms. The van der Waals surface area contributed by atoms with E-state index in [9.17, 15) is 4.79 Å². The fourth-order valence-electron chi connectivity index (χ4n) is 1.82. The minimum atomic E-state index is -0.874. The summed E-state index contributed by atoms with van der Waals surface area (Å²) in [7, 11) is 0. The number of rotatable bonds is 2. The molecule has 0 aliphatic heterocycles. The van der Waals surface area contributed by atoms with Crippen molar-refractivity contribution in [2.75, 3.05) is 0 Å². The van der Waals surface area contributed by atoms with Gasteiger partial charge in [-0.25, -0.2) is 4.79 Å². The lowest BCUT2D eigenvalue weighted by Crippen LogP contribution is -1.99. The number of carboxylic acids is 1. The highest BCUT2D eigenvalue weighted by Gasteiger charge is 2.13. The van der Waals surface area contributed by atoms with E-state index in [0.717, 1.165) is 12.0 Å². The number of hydrogen-bond donors (Lipinski definition) is 1. The SMILES string of the molecule is O=C(O)/C=C/c1csc2c1CCCC2. The molecule has 1 heterocycles. The molecule has 2 nitrogen and oxygen atoms in total. The lowest BCUT2D eigenvalue weighted by atomic mass is 9.96. The average Bonchev–Trinajstić information content (AvgIpc) is 2.58. The first-order valence-electron chi connectivity index (χ1n) is 4.77. The van der Waals surface area contributed by atoms with Crippen LogP contribution in [0.1, 0.15) is 28.8 Å². The van der Waals surface area contributed by atoms with Gasteiger partial charge in [0.15, 0.2) is 0 Å². The van der Waals surface area contributed by atoms with Crippen LogP contribution in [-0.2, 0) is 17.6 Å². The molecule has 1 aliphatic carbocycles. The molecule has 0 atom stereocenters. The number of thiophene rings is 1. The molecule has 1 aromatic rings. The third kappa shape index (κ3) is 1.87. The molecule has 0 spiro atoms. The van der Waals surface area contributed by atoms with Crippen molar-refractivity contribution in [3.8, 4) is 0 Å². The summed E-state index contributed by atoms with van der Waals surface area (Å²) in [6, 6.07) is 0. The van der Waals surface area contributed by atoms with Gasteiger partial charge in [-0.05, 0) is 48.3 Å². The highest BCUT2D eigenvalue weighted by atomic mass is 32.1. The van der Waals surface area contributed by atoms with E-state index in [2.05, 4.69) is 5.38 Å². The van der Waals surface area contributed by atoms with Crippen LogP contribution in [0, 0.1) is 0 Å². The van der Waals surface area contributed by atoms with E-state index in [-0.39, 0.29) is 0 Å². The van der Waals surface area contributed by atoms with Crippen molar-refractivity contribution < 1.29 is 9.90 Å². The summed E-state index contributed by atoms with van der Waals surface area (Å²) in [4.78, 5) is 11.8. The van der Waals surface area contributed by atoms with Crippen LogP contribution < -0.4 is 0 Å². The second-order valence-corrected chi connectivity index (χ2v) is 4.44. The maximum absolute atomic E-state index is 10.4. The van der Waals surface area contributed by atoms with Crippen LogP contribution in [0.3, 0.4) is 0 Å². The van der Waals surface area contributed by atoms with Gasteiger partial charge in [0.05, 0.1) is 0 Å². The molecule has 0 fully saturated rings. The number of aliphatic carboxylic acids is 1. The summed E-state index contributed by atoms with van der Waals surface area (Å²) in [6.07, 6.45) is 7.71. The fraction of sp³-hybridized carbons (Fsp3) is 0.364. The van der Waals surface area contributed by atoms with Gasteiger partial charge in [-0.15, -0.1) is 11.3 Å². The zero-order valence-electron chi connectivity index (χ0n) is 7.82. The van der Waals surface area contributed by atoms with Crippen molar-refractivity contribution in [2.45, 2.75) is 25.7 Å². The summed E-state index contributed by atoms with van der Waals surface area (Å²) in [5.74, 6) is -0.874. The lowest BCUT2D eigenvalue weighted by Gasteiger charge is -2.10. The summed E-state index contributed by atoms with van der Waals surface area (Å²) in [6.45, 7) is 0. The third-order valence-corrected chi connectivity index (χ3v) is 3.61. The van der Waals surface area contributed by atoms with Gasteiger partial charge in [-0.2, -0.15) is 0 Å². The van der Waals surface area contributed by atoms with Crippen molar-refractivity contribution in [2.24, 2.45) is 0 Å². The Morgan fingerprint density at radius 1 is 1.43 bits per heavy atom. The van der Waals surface area contributed by atoms with Crippen LogP contribution in [0.5, 0.6) is 0 Å². The average molecular weight is 208 g/mol. The minimum Gasteiger partial charge on any atom is -0.478 e. The number of carbonyl (C=O) groups is 1. The van der Waals surface area contributed by atoms with E-state index in [1.165, 1.54) is 35.8 Å². The monoisotopic (exact) mass is 208 g/mol. The van der Waals surface area contributed by atoms with E-state index in [1.807, 2.05) is 0 Å². The van der Waals surface area contributed by atoms with Crippen molar-refractivity contribution >= 4 is 23.4 Å². The van der Waals surface area contributed by atoms with Crippen molar-refractivity contribution in [3.63, 3.8) is 0 Å². The Bertz CT molecular complexity index is 377. The minimum absolute atomic E-state index is 0.874. The fourth-order valence-corrected chi connectivity index (χ4v) is 2.93. The Morgan fingerprint density at radius 2 is 2.21 bits per heavy atom. The van der Waals surface area contributed by atoms with Gasteiger partial charge < -0.3 is 5.11 Å². The van der Waals surface area contributed by atoms with E-state index < -0.39 is 5.97 Å². The molecule has 14 heavy (non-hydrogen) atoms. The largest absolute Gasteiger partial charge is 0.478 e. The molecule has 0 saturated carbocycles. The third-order valence-electron chi connectivity index (χ3n) is 2.50. The Labute approximate surface area is 86.9 Å². The van der Waals surface area contributed by atoms with E-state index in [4.69, 9.17) is 5.11 Å². The zero-order valence-corrected chi connectivity index (χ0v) is 8.64. The van der Waals surface area contributed by atoms with Crippen LogP contribution in [0.4, 0.5) is 0 Å².